The van der Waals surface area contributed by atoms with E-state index in [9.17, 15) is 4.79 Å². The third kappa shape index (κ3) is 6.61. The molecule has 1 saturated heterocycles. The van der Waals surface area contributed by atoms with Gasteiger partial charge in [-0.1, -0.05) is 6.07 Å². The molecule has 1 N–H and O–H groups in total. The number of hydrogen-bond donors (Lipinski definition) is 1. The molecule has 0 aromatic heterocycles. The normalized spacial score (nSPS) is 18.5. The highest BCUT2D eigenvalue weighted by molar-refractivity contribution is 5.67. The molecule has 6 heteroatoms. The van der Waals surface area contributed by atoms with Gasteiger partial charge in [0.2, 0.25) is 0 Å². The Bertz CT molecular complexity index is 684. The van der Waals surface area contributed by atoms with Crippen LogP contribution in [0.4, 0.5) is 4.79 Å². The summed E-state index contributed by atoms with van der Waals surface area (Å²) in [5, 5.41) is 2.95. The number of carbonyl (C=O) groups is 1. The first-order chi connectivity index (χ1) is 13.6. The van der Waals surface area contributed by atoms with Crippen LogP contribution in [0.2, 0.25) is 0 Å². The fourth-order valence-corrected chi connectivity index (χ4v) is 3.94. The van der Waals surface area contributed by atoms with Crippen LogP contribution in [0.5, 0.6) is 5.75 Å². The summed E-state index contributed by atoms with van der Waals surface area (Å²) in [5.41, 5.74) is 3.27. The van der Waals surface area contributed by atoms with Gasteiger partial charge >= 0.3 is 6.09 Å². The Morgan fingerprint density at radius 2 is 1.97 bits per heavy atom. The topological polar surface area (TPSA) is 60.0 Å². The van der Waals surface area contributed by atoms with E-state index >= 15 is 0 Å². The highest BCUT2D eigenvalue weighted by Gasteiger charge is 2.31. The number of alkyl carbamates (subject to hydrolysis) is 1. The predicted octanol–water partition coefficient (Wildman–Crippen LogP) is 4.38. The molecule has 1 aromatic rings. The zero-order chi connectivity index (χ0) is 21.6. The minimum Gasteiger partial charge on any atom is -0.491 e. The van der Waals surface area contributed by atoms with Crippen LogP contribution in [-0.4, -0.2) is 56.0 Å². The van der Waals surface area contributed by atoms with Crippen molar-refractivity contribution in [3.8, 4) is 5.75 Å². The molecule has 1 heterocycles. The van der Waals surface area contributed by atoms with Gasteiger partial charge < -0.3 is 19.5 Å². The molecule has 6 nitrogen and oxygen atoms in total. The second-order valence-electron chi connectivity index (χ2n) is 8.84. The average molecular weight is 407 g/mol. The van der Waals surface area contributed by atoms with Crippen LogP contribution >= 0.6 is 0 Å². The van der Waals surface area contributed by atoms with E-state index in [2.05, 4.69) is 43.1 Å². The van der Waals surface area contributed by atoms with E-state index < -0.39 is 5.60 Å². The molecule has 2 rings (SSSR count). The molecule has 0 saturated carbocycles. The van der Waals surface area contributed by atoms with Crippen molar-refractivity contribution >= 4 is 6.09 Å². The summed E-state index contributed by atoms with van der Waals surface area (Å²) in [6.07, 6.45) is 1.87. The van der Waals surface area contributed by atoms with Gasteiger partial charge in [-0.2, -0.15) is 0 Å². The van der Waals surface area contributed by atoms with Crippen molar-refractivity contribution in [2.45, 2.75) is 72.1 Å². The van der Waals surface area contributed by atoms with Crippen LogP contribution in [0.15, 0.2) is 12.1 Å². The fourth-order valence-electron chi connectivity index (χ4n) is 3.94. The number of nitrogens with zero attached hydrogens (tertiary/aromatic N) is 1. The van der Waals surface area contributed by atoms with Crippen molar-refractivity contribution in [1.82, 2.24) is 10.2 Å². The van der Waals surface area contributed by atoms with E-state index in [1.54, 1.807) is 7.11 Å². The lowest BCUT2D eigenvalue weighted by atomic mass is 9.96. The molecule has 0 aliphatic carbocycles. The second kappa shape index (κ2) is 10.3. The quantitative estimate of drug-likeness (QED) is 0.649. The van der Waals surface area contributed by atoms with Gasteiger partial charge in [0.25, 0.3) is 0 Å². The van der Waals surface area contributed by atoms with Crippen LogP contribution in [0, 0.1) is 13.8 Å². The third-order valence-corrected chi connectivity index (χ3v) is 5.58. The van der Waals surface area contributed by atoms with Gasteiger partial charge in [-0.15, -0.1) is 0 Å². The maximum atomic E-state index is 12.0. The molecule has 1 aromatic carbocycles. The van der Waals surface area contributed by atoms with Crippen molar-refractivity contribution in [1.29, 1.82) is 0 Å². The second-order valence-corrected chi connectivity index (χ2v) is 8.84. The number of rotatable bonds is 8. The summed E-state index contributed by atoms with van der Waals surface area (Å²) >= 11 is 0. The van der Waals surface area contributed by atoms with Crippen molar-refractivity contribution in [2.24, 2.45) is 0 Å². The summed E-state index contributed by atoms with van der Waals surface area (Å²) in [4.78, 5) is 14.5. The molecule has 0 spiro atoms. The van der Waals surface area contributed by atoms with Crippen LogP contribution < -0.4 is 10.1 Å². The summed E-state index contributed by atoms with van der Waals surface area (Å²) in [6, 6.07) is 4.82. The number of ether oxygens (including phenoxy) is 3. The third-order valence-electron chi connectivity index (χ3n) is 5.58. The maximum absolute atomic E-state index is 12.0. The van der Waals surface area contributed by atoms with E-state index in [-0.39, 0.29) is 12.1 Å². The number of likely N-dealkylation sites (tertiary alicyclic amines) is 1. The van der Waals surface area contributed by atoms with Crippen LogP contribution in [-0.2, 0) is 9.47 Å². The summed E-state index contributed by atoms with van der Waals surface area (Å²) in [5.74, 6) is 0.917. The first-order valence-electron chi connectivity index (χ1n) is 10.6. The molecule has 164 valence electrons. The molecular weight excluding hydrogens is 368 g/mol. The summed E-state index contributed by atoms with van der Waals surface area (Å²) in [6.45, 7) is 14.9. The van der Waals surface area contributed by atoms with Gasteiger partial charge in [-0.05, 0) is 83.7 Å². The van der Waals surface area contributed by atoms with Crippen molar-refractivity contribution in [2.75, 3.05) is 33.4 Å². The predicted molar refractivity (Wildman–Crippen MR) is 116 cm³/mol. The van der Waals surface area contributed by atoms with Gasteiger partial charge in [0.15, 0.2) is 0 Å². The highest BCUT2D eigenvalue weighted by atomic mass is 16.6. The van der Waals surface area contributed by atoms with Gasteiger partial charge in [0.1, 0.15) is 18.0 Å². The zero-order valence-corrected chi connectivity index (χ0v) is 19.1. The lowest BCUT2D eigenvalue weighted by Crippen LogP contribution is -2.43. The summed E-state index contributed by atoms with van der Waals surface area (Å²) in [7, 11) is 1.68. The van der Waals surface area contributed by atoms with E-state index in [0.29, 0.717) is 25.8 Å². The van der Waals surface area contributed by atoms with E-state index in [0.717, 1.165) is 25.1 Å². The van der Waals surface area contributed by atoms with Crippen molar-refractivity contribution in [3.05, 3.63) is 28.8 Å². The zero-order valence-electron chi connectivity index (χ0n) is 19.1. The van der Waals surface area contributed by atoms with E-state index in [1.165, 1.54) is 16.7 Å². The number of hydrogen-bond acceptors (Lipinski definition) is 5. The first-order valence-corrected chi connectivity index (χ1v) is 10.6. The number of benzene rings is 1. The Balaban J connectivity index is 2.03. The van der Waals surface area contributed by atoms with Crippen molar-refractivity contribution < 1.29 is 19.0 Å². The van der Waals surface area contributed by atoms with Crippen LogP contribution in [0.1, 0.15) is 63.3 Å². The average Bonchev–Trinajstić information content (AvgIpc) is 3.10. The molecular formula is C23H38N2O4. The smallest absolute Gasteiger partial charge is 0.407 e. The Labute approximate surface area is 175 Å². The molecule has 1 unspecified atom stereocenters. The van der Waals surface area contributed by atoms with Crippen LogP contribution in [0.25, 0.3) is 0 Å². The summed E-state index contributed by atoms with van der Waals surface area (Å²) < 4.78 is 16.3. The van der Waals surface area contributed by atoms with Crippen LogP contribution in [0.3, 0.4) is 0 Å². The van der Waals surface area contributed by atoms with Crippen molar-refractivity contribution in [3.63, 3.8) is 0 Å². The number of methoxy groups -OCH3 is 1. The van der Waals surface area contributed by atoms with Gasteiger partial charge in [0, 0.05) is 25.7 Å². The molecule has 0 bridgehead atoms. The lowest BCUT2D eigenvalue weighted by molar-refractivity contribution is 0.0507. The largest absolute Gasteiger partial charge is 0.491 e. The molecule has 2 atom stereocenters. The highest BCUT2D eigenvalue weighted by Crippen LogP contribution is 2.34. The molecule has 1 aliphatic heterocycles. The molecule has 1 aliphatic rings. The van der Waals surface area contributed by atoms with Gasteiger partial charge in [-0.3, -0.25) is 4.90 Å². The molecule has 1 fully saturated rings. The monoisotopic (exact) mass is 406 g/mol. The Morgan fingerprint density at radius 1 is 1.24 bits per heavy atom. The van der Waals surface area contributed by atoms with Gasteiger partial charge in [0.05, 0.1) is 6.61 Å². The molecule has 1 amide bonds. The standard InChI is InChI=1S/C23H38N2O4/c1-16-17(2)21(28-14-13-27-7)11-10-20(16)18(3)25-12-8-9-19(25)15-24-22(26)29-23(4,5)6/h10-11,18-19H,8-9,12-15H2,1-7H3,(H,24,26)/t18?,19-/m1/s1. The maximum Gasteiger partial charge on any atom is 0.407 e. The Kier molecular flexibility index (Phi) is 8.34. The minimum atomic E-state index is -0.478. The number of nitrogens with one attached hydrogen (secondary N) is 1. The van der Waals surface area contributed by atoms with E-state index in [4.69, 9.17) is 14.2 Å². The van der Waals surface area contributed by atoms with E-state index in [1.807, 2.05) is 20.8 Å². The Morgan fingerprint density at radius 3 is 2.62 bits per heavy atom. The van der Waals surface area contributed by atoms with Gasteiger partial charge in [-0.25, -0.2) is 4.79 Å². The lowest BCUT2D eigenvalue weighted by Gasteiger charge is -2.32. The fraction of sp³-hybridized carbons (Fsp3) is 0.696. The minimum absolute atomic E-state index is 0.273. The number of carbonyl (C=O) groups excluding carboxylic acids is 1. The Hall–Kier alpha value is -1.79. The first kappa shape index (κ1) is 23.5. The SMILES string of the molecule is COCCOc1ccc(C(C)N2CCC[C@@H]2CNC(=O)OC(C)(C)C)c(C)c1C. The molecule has 0 radical (unpaired) electrons. The number of amides is 1. The molecule has 29 heavy (non-hydrogen) atoms.